The Bertz CT molecular complexity index is 304. The number of benzene rings is 1. The monoisotopic (exact) mass is 225 g/mol. The van der Waals surface area contributed by atoms with Gasteiger partial charge in [0.25, 0.3) is 0 Å². The van der Waals surface area contributed by atoms with Gasteiger partial charge in [-0.2, -0.15) is 0 Å². The second kappa shape index (κ2) is 7.36. The molecule has 2 N–H and O–H groups in total. The minimum atomic E-state index is -0.203. The van der Waals surface area contributed by atoms with Gasteiger partial charge in [-0.3, -0.25) is 0 Å². The van der Waals surface area contributed by atoms with Crippen molar-refractivity contribution >= 4 is 0 Å². The summed E-state index contributed by atoms with van der Waals surface area (Å²) in [4.78, 5) is 0. The first-order valence-electron chi connectivity index (χ1n) is 5.81. The molecule has 0 aliphatic carbocycles. The van der Waals surface area contributed by atoms with Crippen molar-refractivity contribution in [2.24, 2.45) is 5.73 Å². The number of halogens is 1. The molecule has 1 aromatic carbocycles. The predicted octanol–water partition coefficient (Wildman–Crippen LogP) is 2.68. The highest BCUT2D eigenvalue weighted by atomic mass is 19.1. The van der Waals surface area contributed by atoms with Gasteiger partial charge in [0, 0.05) is 13.2 Å². The fourth-order valence-electron chi connectivity index (χ4n) is 1.65. The van der Waals surface area contributed by atoms with Crippen LogP contribution in [0.15, 0.2) is 24.3 Å². The van der Waals surface area contributed by atoms with Crippen LogP contribution in [0.2, 0.25) is 0 Å². The third-order valence-corrected chi connectivity index (χ3v) is 2.56. The third kappa shape index (κ3) is 4.29. The van der Waals surface area contributed by atoms with E-state index in [1.807, 2.05) is 6.07 Å². The van der Waals surface area contributed by atoms with Gasteiger partial charge >= 0.3 is 0 Å². The summed E-state index contributed by atoms with van der Waals surface area (Å²) in [5.41, 5.74) is 6.65. The minimum absolute atomic E-state index is 0.188. The Hall–Kier alpha value is -0.930. The minimum Gasteiger partial charge on any atom is -0.381 e. The van der Waals surface area contributed by atoms with Crippen LogP contribution in [0, 0.1) is 5.82 Å². The Morgan fingerprint density at radius 2 is 2.19 bits per heavy atom. The first-order valence-corrected chi connectivity index (χ1v) is 5.81. The molecule has 0 bridgehead atoms. The quantitative estimate of drug-likeness (QED) is 0.724. The maximum absolute atomic E-state index is 13.0. The zero-order valence-electron chi connectivity index (χ0n) is 9.79. The summed E-state index contributed by atoms with van der Waals surface area (Å²) in [6.07, 6.45) is 1.87. The van der Waals surface area contributed by atoms with Crippen molar-refractivity contribution in [3.63, 3.8) is 0 Å². The Kier molecular flexibility index (Phi) is 6.04. The van der Waals surface area contributed by atoms with Crippen LogP contribution in [0.4, 0.5) is 4.39 Å². The Morgan fingerprint density at radius 1 is 1.38 bits per heavy atom. The van der Waals surface area contributed by atoms with Crippen molar-refractivity contribution < 1.29 is 9.13 Å². The Morgan fingerprint density at radius 3 is 2.81 bits per heavy atom. The molecule has 0 aromatic heterocycles. The molecule has 0 amide bonds. The standard InChI is InChI=1S/C13H20FNO/c1-2-7-16-8-6-12(10-15)11-4-3-5-13(14)9-11/h3-5,9,12H,2,6-8,10,15H2,1H3. The summed E-state index contributed by atoms with van der Waals surface area (Å²) in [6.45, 7) is 4.07. The van der Waals surface area contributed by atoms with Crippen LogP contribution >= 0.6 is 0 Å². The normalized spacial score (nSPS) is 12.7. The van der Waals surface area contributed by atoms with Crippen LogP contribution in [-0.4, -0.2) is 19.8 Å². The van der Waals surface area contributed by atoms with E-state index in [2.05, 4.69) is 6.92 Å². The molecular formula is C13H20FNO. The number of hydrogen-bond donors (Lipinski definition) is 1. The van der Waals surface area contributed by atoms with Crippen LogP contribution in [0.3, 0.4) is 0 Å². The first-order chi connectivity index (χ1) is 7.77. The van der Waals surface area contributed by atoms with Crippen LogP contribution < -0.4 is 5.73 Å². The van der Waals surface area contributed by atoms with E-state index in [9.17, 15) is 4.39 Å². The lowest BCUT2D eigenvalue weighted by Crippen LogP contribution is -2.15. The van der Waals surface area contributed by atoms with Gasteiger partial charge in [-0.25, -0.2) is 4.39 Å². The highest BCUT2D eigenvalue weighted by Gasteiger charge is 2.09. The highest BCUT2D eigenvalue weighted by molar-refractivity contribution is 5.20. The van der Waals surface area contributed by atoms with E-state index < -0.39 is 0 Å². The van der Waals surface area contributed by atoms with Gasteiger partial charge in [0.1, 0.15) is 5.82 Å². The maximum Gasteiger partial charge on any atom is 0.123 e. The molecule has 2 nitrogen and oxygen atoms in total. The number of nitrogens with two attached hydrogens (primary N) is 1. The van der Waals surface area contributed by atoms with Crippen molar-refractivity contribution in [2.45, 2.75) is 25.7 Å². The molecule has 0 saturated carbocycles. The molecular weight excluding hydrogens is 205 g/mol. The Labute approximate surface area is 96.6 Å². The second-order valence-corrected chi connectivity index (χ2v) is 3.89. The lowest BCUT2D eigenvalue weighted by molar-refractivity contribution is 0.128. The molecule has 1 rings (SSSR count). The van der Waals surface area contributed by atoms with Crippen molar-refractivity contribution in [1.29, 1.82) is 0 Å². The zero-order valence-corrected chi connectivity index (χ0v) is 9.79. The van der Waals surface area contributed by atoms with Crippen LogP contribution in [0.5, 0.6) is 0 Å². The molecule has 0 saturated heterocycles. The average Bonchev–Trinajstić information content (AvgIpc) is 2.29. The van der Waals surface area contributed by atoms with Gasteiger partial charge in [-0.05, 0) is 43.0 Å². The highest BCUT2D eigenvalue weighted by Crippen LogP contribution is 2.19. The van der Waals surface area contributed by atoms with Crippen LogP contribution in [0.1, 0.15) is 31.2 Å². The lowest BCUT2D eigenvalue weighted by atomic mass is 9.96. The van der Waals surface area contributed by atoms with E-state index in [1.54, 1.807) is 12.1 Å². The van der Waals surface area contributed by atoms with E-state index in [1.165, 1.54) is 6.07 Å². The fourth-order valence-corrected chi connectivity index (χ4v) is 1.65. The molecule has 0 radical (unpaired) electrons. The molecule has 0 aliphatic heterocycles. The van der Waals surface area contributed by atoms with Crippen molar-refractivity contribution in [3.8, 4) is 0 Å². The van der Waals surface area contributed by atoms with Gasteiger partial charge in [0.05, 0.1) is 0 Å². The summed E-state index contributed by atoms with van der Waals surface area (Å²) in [5.74, 6) is -0.0158. The first kappa shape index (κ1) is 13.1. The Balaban J connectivity index is 2.47. The van der Waals surface area contributed by atoms with Gasteiger partial charge in [-0.15, -0.1) is 0 Å². The van der Waals surface area contributed by atoms with Crippen molar-refractivity contribution in [2.75, 3.05) is 19.8 Å². The molecule has 1 atom stereocenters. The number of rotatable bonds is 7. The summed E-state index contributed by atoms with van der Waals surface area (Å²) in [5, 5.41) is 0. The van der Waals surface area contributed by atoms with Crippen LogP contribution in [0.25, 0.3) is 0 Å². The van der Waals surface area contributed by atoms with Gasteiger partial charge in [0.15, 0.2) is 0 Å². The molecule has 1 aromatic rings. The van der Waals surface area contributed by atoms with Crippen LogP contribution in [-0.2, 0) is 4.74 Å². The molecule has 3 heteroatoms. The summed E-state index contributed by atoms with van der Waals surface area (Å²) >= 11 is 0. The molecule has 0 fully saturated rings. The molecule has 0 aliphatic rings. The van der Waals surface area contributed by atoms with E-state index in [4.69, 9.17) is 10.5 Å². The third-order valence-electron chi connectivity index (χ3n) is 2.56. The molecule has 0 heterocycles. The largest absolute Gasteiger partial charge is 0.381 e. The molecule has 16 heavy (non-hydrogen) atoms. The second-order valence-electron chi connectivity index (χ2n) is 3.89. The number of ether oxygens (including phenoxy) is 1. The average molecular weight is 225 g/mol. The van der Waals surface area contributed by atoms with E-state index in [0.717, 1.165) is 25.0 Å². The van der Waals surface area contributed by atoms with Crippen molar-refractivity contribution in [1.82, 2.24) is 0 Å². The van der Waals surface area contributed by atoms with E-state index in [0.29, 0.717) is 13.2 Å². The zero-order chi connectivity index (χ0) is 11.8. The smallest absolute Gasteiger partial charge is 0.123 e. The van der Waals surface area contributed by atoms with Gasteiger partial charge in [0.2, 0.25) is 0 Å². The summed E-state index contributed by atoms with van der Waals surface area (Å²) in [7, 11) is 0. The molecule has 0 spiro atoms. The van der Waals surface area contributed by atoms with Gasteiger partial charge in [-0.1, -0.05) is 19.1 Å². The van der Waals surface area contributed by atoms with Crippen molar-refractivity contribution in [3.05, 3.63) is 35.6 Å². The summed E-state index contributed by atoms with van der Waals surface area (Å²) in [6, 6.07) is 6.64. The molecule has 1 unspecified atom stereocenters. The number of hydrogen-bond acceptors (Lipinski definition) is 2. The molecule has 90 valence electrons. The van der Waals surface area contributed by atoms with E-state index >= 15 is 0 Å². The fraction of sp³-hybridized carbons (Fsp3) is 0.538. The van der Waals surface area contributed by atoms with Gasteiger partial charge < -0.3 is 10.5 Å². The summed E-state index contributed by atoms with van der Waals surface area (Å²) < 4.78 is 18.5. The topological polar surface area (TPSA) is 35.2 Å². The lowest BCUT2D eigenvalue weighted by Gasteiger charge is -2.15. The van der Waals surface area contributed by atoms with E-state index in [-0.39, 0.29) is 11.7 Å². The SMILES string of the molecule is CCCOCCC(CN)c1cccc(F)c1. The maximum atomic E-state index is 13.0. The predicted molar refractivity (Wildman–Crippen MR) is 63.9 cm³/mol.